The molecule has 8 heteroatoms. The molecule has 2 amide bonds. The molecule has 3 atom stereocenters. The molecule has 0 unspecified atom stereocenters. The van der Waals surface area contributed by atoms with Crippen molar-refractivity contribution in [3.05, 3.63) is 59.7 Å². The molecular formula is C27H30N2O5S. The molecular weight excluding hydrogens is 464 g/mol. The normalized spacial score (nSPS) is 23.4. The van der Waals surface area contributed by atoms with Gasteiger partial charge in [-0.15, -0.1) is 11.8 Å². The smallest absolute Gasteiger partial charge is 0.407 e. The number of nitrogens with zero attached hydrogens (tertiary/aromatic N) is 1. The Morgan fingerprint density at radius 2 is 1.66 bits per heavy atom. The van der Waals surface area contributed by atoms with Crippen molar-refractivity contribution in [1.82, 2.24) is 10.2 Å². The number of rotatable bonds is 6. The number of nitrogens with one attached hydrogen (secondary N) is 1. The molecule has 1 saturated carbocycles. The number of thioether (sulfide) groups is 1. The average molecular weight is 495 g/mol. The van der Waals surface area contributed by atoms with E-state index in [1.807, 2.05) is 24.3 Å². The third-order valence-corrected chi connectivity index (χ3v) is 8.49. The summed E-state index contributed by atoms with van der Waals surface area (Å²) in [6, 6.07) is 15.5. The Morgan fingerprint density at radius 3 is 2.34 bits per heavy atom. The Balaban J connectivity index is 1.20. The quantitative estimate of drug-likeness (QED) is 0.616. The fourth-order valence-electron chi connectivity index (χ4n) is 5.67. The molecule has 2 aliphatic carbocycles. The molecule has 2 fully saturated rings. The van der Waals surface area contributed by atoms with Crippen molar-refractivity contribution in [2.24, 2.45) is 5.92 Å². The number of hydrogen-bond acceptors (Lipinski definition) is 5. The highest BCUT2D eigenvalue weighted by atomic mass is 32.2. The topological polar surface area (TPSA) is 95.9 Å². The van der Waals surface area contributed by atoms with Crippen molar-refractivity contribution in [2.75, 3.05) is 18.2 Å². The van der Waals surface area contributed by atoms with E-state index in [1.165, 1.54) is 38.9 Å². The Bertz CT molecular complexity index is 1080. The minimum absolute atomic E-state index is 0.00232. The molecule has 0 radical (unpaired) electrons. The first kappa shape index (κ1) is 23.7. The van der Waals surface area contributed by atoms with Crippen molar-refractivity contribution in [3.8, 4) is 11.1 Å². The van der Waals surface area contributed by atoms with Crippen LogP contribution in [-0.4, -0.2) is 58.3 Å². The maximum Gasteiger partial charge on any atom is 0.407 e. The molecule has 2 aromatic rings. The molecule has 1 heterocycles. The number of carboxylic acids is 1. The minimum Gasteiger partial charge on any atom is -0.480 e. The van der Waals surface area contributed by atoms with Gasteiger partial charge in [-0.05, 0) is 41.0 Å². The van der Waals surface area contributed by atoms with Gasteiger partial charge in [0.05, 0.1) is 5.88 Å². The Morgan fingerprint density at radius 1 is 1.00 bits per heavy atom. The van der Waals surface area contributed by atoms with Crippen LogP contribution in [-0.2, 0) is 14.3 Å². The third kappa shape index (κ3) is 4.89. The van der Waals surface area contributed by atoms with Crippen LogP contribution in [0.3, 0.4) is 0 Å². The standard InChI is InChI=1S/C27H30N2O5S/c30-25(29-16-35-15-24(29)26(31)32)13-17-7-1-6-12-23(17)28-27(33)34-14-22-20-10-4-2-8-18(20)19-9-3-5-11-21(19)22/h2-5,8-11,17,22-24H,1,6-7,12-16H2,(H,28,33)(H,31,32)/t17-,23-,24+/m1/s1. The summed E-state index contributed by atoms with van der Waals surface area (Å²) in [4.78, 5) is 38.6. The molecule has 0 bridgehead atoms. The first-order valence-electron chi connectivity index (χ1n) is 12.2. The second-order valence-corrected chi connectivity index (χ2v) is 10.5. The van der Waals surface area contributed by atoms with Gasteiger partial charge in [-0.2, -0.15) is 0 Å². The van der Waals surface area contributed by atoms with Crippen molar-refractivity contribution in [1.29, 1.82) is 0 Å². The summed E-state index contributed by atoms with van der Waals surface area (Å²) < 4.78 is 5.72. The van der Waals surface area contributed by atoms with Gasteiger partial charge in [0.2, 0.25) is 5.91 Å². The van der Waals surface area contributed by atoms with Crippen molar-refractivity contribution in [3.63, 3.8) is 0 Å². The van der Waals surface area contributed by atoms with Crippen LogP contribution in [0.15, 0.2) is 48.5 Å². The molecule has 3 aliphatic rings. The predicted molar refractivity (Wildman–Crippen MR) is 134 cm³/mol. The van der Waals surface area contributed by atoms with Crippen LogP contribution in [0.1, 0.15) is 49.1 Å². The monoisotopic (exact) mass is 494 g/mol. The highest BCUT2D eigenvalue weighted by Crippen LogP contribution is 2.44. The second kappa shape index (κ2) is 10.3. The van der Waals surface area contributed by atoms with Crippen LogP contribution in [0.4, 0.5) is 4.79 Å². The zero-order valence-electron chi connectivity index (χ0n) is 19.5. The van der Waals surface area contributed by atoms with E-state index in [0.29, 0.717) is 11.6 Å². The first-order valence-corrected chi connectivity index (χ1v) is 13.4. The van der Waals surface area contributed by atoms with Crippen LogP contribution >= 0.6 is 11.8 Å². The van der Waals surface area contributed by atoms with Gasteiger partial charge in [0, 0.05) is 24.1 Å². The third-order valence-electron chi connectivity index (χ3n) is 7.48. The molecule has 2 N–H and O–H groups in total. The number of amides is 2. The lowest BCUT2D eigenvalue weighted by Gasteiger charge is -2.33. The van der Waals surface area contributed by atoms with E-state index in [2.05, 4.69) is 29.6 Å². The van der Waals surface area contributed by atoms with Gasteiger partial charge in [0.15, 0.2) is 0 Å². The maximum atomic E-state index is 12.9. The second-order valence-electron chi connectivity index (χ2n) is 9.54. The van der Waals surface area contributed by atoms with Crippen molar-refractivity contribution < 1.29 is 24.2 Å². The fraction of sp³-hybridized carbons (Fsp3) is 0.444. The first-order chi connectivity index (χ1) is 17.0. The van der Waals surface area contributed by atoms with Gasteiger partial charge in [-0.1, -0.05) is 61.4 Å². The van der Waals surface area contributed by atoms with Gasteiger partial charge in [-0.3, -0.25) is 4.79 Å². The Labute approximate surface area is 209 Å². The Hall–Kier alpha value is -3.00. The number of fused-ring (bicyclic) bond motifs is 3. The van der Waals surface area contributed by atoms with E-state index >= 15 is 0 Å². The molecule has 184 valence electrons. The number of carbonyl (C=O) groups is 3. The average Bonchev–Trinajstić information content (AvgIpc) is 3.48. The lowest BCUT2D eigenvalue weighted by atomic mass is 9.82. The number of carbonyl (C=O) groups excluding carboxylic acids is 2. The molecule has 2 aromatic carbocycles. The van der Waals surface area contributed by atoms with Crippen LogP contribution in [0.2, 0.25) is 0 Å². The number of hydrogen-bond donors (Lipinski definition) is 2. The van der Waals surface area contributed by atoms with E-state index in [9.17, 15) is 19.5 Å². The SMILES string of the molecule is O=C(N[C@@H]1CCCC[C@@H]1CC(=O)N1CSC[C@H]1C(=O)O)OCC1c2ccccc2-c2ccccc21. The molecule has 1 saturated heterocycles. The molecule has 7 nitrogen and oxygen atoms in total. The van der Waals surface area contributed by atoms with Gasteiger partial charge >= 0.3 is 12.1 Å². The van der Waals surface area contributed by atoms with Crippen LogP contribution in [0.5, 0.6) is 0 Å². The van der Waals surface area contributed by atoms with E-state index in [4.69, 9.17) is 4.74 Å². The molecule has 0 spiro atoms. The highest BCUT2D eigenvalue weighted by molar-refractivity contribution is 7.99. The highest BCUT2D eigenvalue weighted by Gasteiger charge is 2.37. The predicted octanol–water partition coefficient (Wildman–Crippen LogP) is 4.46. The van der Waals surface area contributed by atoms with Crippen LogP contribution in [0, 0.1) is 5.92 Å². The molecule has 1 aliphatic heterocycles. The number of aliphatic carboxylic acids is 1. The lowest BCUT2D eigenvalue weighted by molar-refractivity contribution is -0.148. The zero-order chi connectivity index (χ0) is 24.4. The molecule has 35 heavy (non-hydrogen) atoms. The van der Waals surface area contributed by atoms with Gasteiger partial charge < -0.3 is 20.1 Å². The summed E-state index contributed by atoms with van der Waals surface area (Å²) in [6.45, 7) is 0.251. The van der Waals surface area contributed by atoms with Gasteiger partial charge in [-0.25, -0.2) is 9.59 Å². The summed E-state index contributed by atoms with van der Waals surface area (Å²) in [5, 5.41) is 12.4. The van der Waals surface area contributed by atoms with Gasteiger partial charge in [0.1, 0.15) is 12.6 Å². The summed E-state index contributed by atoms with van der Waals surface area (Å²) in [5.41, 5.74) is 4.70. The van der Waals surface area contributed by atoms with E-state index in [1.54, 1.807) is 0 Å². The summed E-state index contributed by atoms with van der Waals surface area (Å²) >= 11 is 1.46. The zero-order valence-corrected chi connectivity index (χ0v) is 20.3. The van der Waals surface area contributed by atoms with Crippen molar-refractivity contribution >= 4 is 29.7 Å². The Kier molecular flexibility index (Phi) is 7.00. The van der Waals surface area contributed by atoms with E-state index in [0.717, 1.165) is 25.7 Å². The fourth-order valence-corrected chi connectivity index (χ4v) is 6.84. The lowest BCUT2D eigenvalue weighted by Crippen LogP contribution is -2.46. The summed E-state index contributed by atoms with van der Waals surface area (Å²) in [5.74, 6) is -0.289. The van der Waals surface area contributed by atoms with Crippen LogP contribution in [0.25, 0.3) is 11.1 Å². The number of alkyl carbamates (subject to hydrolysis) is 1. The maximum absolute atomic E-state index is 12.9. The van der Waals surface area contributed by atoms with Crippen LogP contribution < -0.4 is 5.32 Å². The van der Waals surface area contributed by atoms with Gasteiger partial charge in [0.25, 0.3) is 0 Å². The number of ether oxygens (including phenoxy) is 1. The molecule has 5 rings (SSSR count). The number of benzene rings is 2. The number of carboxylic acid groups (broad SMARTS) is 1. The summed E-state index contributed by atoms with van der Waals surface area (Å²) in [6.07, 6.45) is 3.39. The van der Waals surface area contributed by atoms with Crippen molar-refractivity contribution in [2.45, 2.75) is 50.1 Å². The van der Waals surface area contributed by atoms with E-state index < -0.39 is 18.1 Å². The minimum atomic E-state index is -0.958. The van der Waals surface area contributed by atoms with E-state index in [-0.39, 0.29) is 36.8 Å². The molecule has 0 aromatic heterocycles. The summed E-state index contributed by atoms with van der Waals surface area (Å²) in [7, 11) is 0. The largest absolute Gasteiger partial charge is 0.480 e.